The van der Waals surface area contributed by atoms with Crippen LogP contribution in [0.5, 0.6) is 0 Å². The third-order valence-corrected chi connectivity index (χ3v) is 6.63. The predicted octanol–water partition coefficient (Wildman–Crippen LogP) is 2.25. The van der Waals surface area contributed by atoms with Gasteiger partial charge in [0.15, 0.2) is 0 Å². The molecule has 1 fully saturated rings. The second-order valence-electron chi connectivity index (χ2n) is 6.89. The highest BCUT2D eigenvalue weighted by Crippen LogP contribution is 2.25. The molecule has 1 aliphatic rings. The van der Waals surface area contributed by atoms with Crippen molar-refractivity contribution in [2.75, 3.05) is 42.2 Å². The Balaban J connectivity index is 1.78. The van der Waals surface area contributed by atoms with Gasteiger partial charge in [-0.25, -0.2) is 8.42 Å². The molecule has 0 atom stereocenters. The first kappa shape index (κ1) is 21.8. The SMILES string of the molecule is COCCNC(=O)c1ccccc1NC(=O)c1cccc(N2CCCCS2(=O)=O)c1. The fourth-order valence-corrected chi connectivity index (χ4v) is 4.86. The molecular formula is C21H25N3O5S. The molecule has 1 saturated heterocycles. The standard InChI is InChI=1S/C21H25N3O5S/c1-29-13-11-22-21(26)18-9-2-3-10-19(18)23-20(25)16-7-6-8-17(15-16)24-12-4-5-14-30(24,27)28/h2-3,6-10,15H,4-5,11-14H2,1H3,(H,22,26)(H,23,25). The first-order valence-electron chi connectivity index (χ1n) is 9.70. The van der Waals surface area contributed by atoms with E-state index in [1.165, 1.54) is 4.31 Å². The van der Waals surface area contributed by atoms with Crippen molar-refractivity contribution >= 4 is 33.2 Å². The van der Waals surface area contributed by atoms with Gasteiger partial charge >= 0.3 is 0 Å². The van der Waals surface area contributed by atoms with Crippen LogP contribution in [0.25, 0.3) is 0 Å². The number of hydrogen-bond acceptors (Lipinski definition) is 5. The monoisotopic (exact) mass is 431 g/mol. The van der Waals surface area contributed by atoms with Gasteiger partial charge in [-0.3, -0.25) is 13.9 Å². The summed E-state index contributed by atoms with van der Waals surface area (Å²) in [5.41, 5.74) is 1.47. The zero-order valence-corrected chi connectivity index (χ0v) is 17.6. The number of carbonyl (C=O) groups is 2. The maximum absolute atomic E-state index is 12.8. The van der Waals surface area contributed by atoms with Crippen molar-refractivity contribution in [3.05, 3.63) is 59.7 Å². The molecule has 1 aliphatic heterocycles. The van der Waals surface area contributed by atoms with E-state index >= 15 is 0 Å². The molecule has 0 aromatic heterocycles. The number of rotatable bonds is 7. The summed E-state index contributed by atoms with van der Waals surface area (Å²) in [5.74, 6) is -0.644. The summed E-state index contributed by atoms with van der Waals surface area (Å²) in [6.07, 6.45) is 1.42. The summed E-state index contributed by atoms with van der Waals surface area (Å²) in [6, 6.07) is 13.2. The van der Waals surface area contributed by atoms with E-state index in [1.54, 1.807) is 55.6 Å². The van der Waals surface area contributed by atoms with Gasteiger partial charge in [0, 0.05) is 25.8 Å². The Morgan fingerprint density at radius 2 is 1.87 bits per heavy atom. The summed E-state index contributed by atoms with van der Waals surface area (Å²) in [5, 5.41) is 5.48. The smallest absolute Gasteiger partial charge is 0.255 e. The number of methoxy groups -OCH3 is 1. The molecule has 0 aliphatic carbocycles. The van der Waals surface area contributed by atoms with E-state index in [9.17, 15) is 18.0 Å². The van der Waals surface area contributed by atoms with E-state index in [0.717, 1.165) is 6.42 Å². The first-order valence-corrected chi connectivity index (χ1v) is 11.3. The Bertz CT molecular complexity index is 1020. The third kappa shape index (κ3) is 5.17. The fraction of sp³-hybridized carbons (Fsp3) is 0.333. The van der Waals surface area contributed by atoms with Crippen LogP contribution in [0.15, 0.2) is 48.5 Å². The van der Waals surface area contributed by atoms with E-state index in [2.05, 4.69) is 10.6 Å². The second-order valence-corrected chi connectivity index (χ2v) is 8.91. The van der Waals surface area contributed by atoms with Gasteiger partial charge in [-0.2, -0.15) is 0 Å². The summed E-state index contributed by atoms with van der Waals surface area (Å²) >= 11 is 0. The van der Waals surface area contributed by atoms with Crippen molar-refractivity contribution in [2.24, 2.45) is 0 Å². The molecular weight excluding hydrogens is 406 g/mol. The third-order valence-electron chi connectivity index (χ3n) is 4.76. The van der Waals surface area contributed by atoms with Gasteiger partial charge in [0.1, 0.15) is 0 Å². The maximum Gasteiger partial charge on any atom is 0.255 e. The minimum atomic E-state index is -3.37. The quantitative estimate of drug-likeness (QED) is 0.654. The predicted molar refractivity (Wildman–Crippen MR) is 115 cm³/mol. The molecule has 1 heterocycles. The number of nitrogens with zero attached hydrogens (tertiary/aromatic N) is 1. The molecule has 0 saturated carbocycles. The van der Waals surface area contributed by atoms with Crippen molar-refractivity contribution in [2.45, 2.75) is 12.8 Å². The average molecular weight is 432 g/mol. The Morgan fingerprint density at radius 1 is 1.07 bits per heavy atom. The molecule has 2 aromatic rings. The number of hydrogen-bond donors (Lipinski definition) is 2. The lowest BCUT2D eigenvalue weighted by atomic mass is 10.1. The van der Waals surface area contributed by atoms with Crippen LogP contribution in [-0.2, 0) is 14.8 Å². The minimum Gasteiger partial charge on any atom is -0.383 e. The van der Waals surface area contributed by atoms with Crippen LogP contribution in [0, 0.1) is 0 Å². The Kier molecular flexibility index (Phi) is 7.07. The lowest BCUT2D eigenvalue weighted by molar-refractivity contribution is 0.0938. The molecule has 2 amide bonds. The van der Waals surface area contributed by atoms with E-state index < -0.39 is 15.9 Å². The van der Waals surface area contributed by atoms with Crippen LogP contribution >= 0.6 is 0 Å². The van der Waals surface area contributed by atoms with E-state index in [-0.39, 0.29) is 11.7 Å². The molecule has 8 nitrogen and oxygen atoms in total. The van der Waals surface area contributed by atoms with Crippen molar-refractivity contribution in [3.8, 4) is 0 Å². The molecule has 160 valence electrons. The summed E-state index contributed by atoms with van der Waals surface area (Å²) in [6.45, 7) is 1.13. The van der Waals surface area contributed by atoms with Crippen LogP contribution in [0.3, 0.4) is 0 Å². The highest BCUT2D eigenvalue weighted by Gasteiger charge is 2.26. The topological polar surface area (TPSA) is 105 Å². The Morgan fingerprint density at radius 3 is 2.63 bits per heavy atom. The number of sulfonamides is 1. The number of para-hydroxylation sites is 1. The van der Waals surface area contributed by atoms with Gasteiger partial charge in [-0.15, -0.1) is 0 Å². The van der Waals surface area contributed by atoms with E-state index in [1.807, 2.05) is 0 Å². The number of amides is 2. The van der Waals surface area contributed by atoms with Crippen LogP contribution in [0.2, 0.25) is 0 Å². The summed E-state index contributed by atoms with van der Waals surface area (Å²) in [7, 11) is -1.82. The molecule has 3 rings (SSSR count). The highest BCUT2D eigenvalue weighted by atomic mass is 32.2. The molecule has 9 heteroatoms. The van der Waals surface area contributed by atoms with Gasteiger partial charge in [0.05, 0.1) is 29.3 Å². The number of nitrogens with one attached hydrogen (secondary N) is 2. The molecule has 2 aromatic carbocycles. The number of benzene rings is 2. The first-order chi connectivity index (χ1) is 14.4. The van der Waals surface area contributed by atoms with Crippen LogP contribution in [0.1, 0.15) is 33.6 Å². The van der Waals surface area contributed by atoms with Crippen molar-refractivity contribution < 1.29 is 22.7 Å². The second kappa shape index (κ2) is 9.73. The van der Waals surface area contributed by atoms with Crippen LogP contribution in [0.4, 0.5) is 11.4 Å². The molecule has 0 unspecified atom stereocenters. The number of ether oxygens (including phenoxy) is 1. The molecule has 0 radical (unpaired) electrons. The van der Waals surface area contributed by atoms with Gasteiger partial charge in [-0.1, -0.05) is 18.2 Å². The highest BCUT2D eigenvalue weighted by molar-refractivity contribution is 7.92. The fourth-order valence-electron chi connectivity index (χ4n) is 3.23. The van der Waals surface area contributed by atoms with Gasteiger partial charge in [0.2, 0.25) is 10.0 Å². The maximum atomic E-state index is 12.8. The molecule has 2 N–H and O–H groups in total. The van der Waals surface area contributed by atoms with Crippen molar-refractivity contribution in [3.63, 3.8) is 0 Å². The van der Waals surface area contributed by atoms with Gasteiger partial charge in [-0.05, 0) is 43.2 Å². The number of carbonyl (C=O) groups excluding carboxylic acids is 2. The summed E-state index contributed by atoms with van der Waals surface area (Å²) in [4.78, 5) is 25.2. The lowest BCUT2D eigenvalue weighted by Gasteiger charge is -2.28. The van der Waals surface area contributed by atoms with Crippen LogP contribution < -0.4 is 14.9 Å². The molecule has 0 bridgehead atoms. The molecule has 30 heavy (non-hydrogen) atoms. The lowest BCUT2D eigenvalue weighted by Crippen LogP contribution is -2.37. The Labute approximate surface area is 176 Å². The van der Waals surface area contributed by atoms with Crippen molar-refractivity contribution in [1.29, 1.82) is 0 Å². The van der Waals surface area contributed by atoms with Gasteiger partial charge in [0.25, 0.3) is 11.8 Å². The van der Waals surface area contributed by atoms with E-state index in [0.29, 0.717) is 48.6 Å². The van der Waals surface area contributed by atoms with E-state index in [4.69, 9.17) is 4.74 Å². The molecule has 0 spiro atoms. The largest absolute Gasteiger partial charge is 0.383 e. The normalized spacial score (nSPS) is 15.4. The minimum absolute atomic E-state index is 0.106. The van der Waals surface area contributed by atoms with Gasteiger partial charge < -0.3 is 15.4 Å². The van der Waals surface area contributed by atoms with Crippen LogP contribution in [-0.4, -0.2) is 52.8 Å². The zero-order chi connectivity index (χ0) is 21.6. The Hall–Kier alpha value is -2.91. The zero-order valence-electron chi connectivity index (χ0n) is 16.8. The van der Waals surface area contributed by atoms with Crippen molar-refractivity contribution in [1.82, 2.24) is 5.32 Å². The average Bonchev–Trinajstić information content (AvgIpc) is 2.74. The summed E-state index contributed by atoms with van der Waals surface area (Å²) < 4.78 is 31.0. The number of anilines is 2.